The van der Waals surface area contributed by atoms with Crippen molar-refractivity contribution in [2.24, 2.45) is 0 Å². The first-order valence-corrected chi connectivity index (χ1v) is 8.81. The zero-order valence-corrected chi connectivity index (χ0v) is 15.8. The van der Waals surface area contributed by atoms with Crippen LogP contribution < -0.4 is 25.4 Å². The molecule has 0 bridgehead atoms. The van der Waals surface area contributed by atoms with Crippen molar-refractivity contribution in [1.29, 1.82) is 0 Å². The molecule has 0 unspecified atom stereocenters. The number of benzene rings is 1. The zero-order valence-electron chi connectivity index (χ0n) is 15.8. The van der Waals surface area contributed by atoms with Gasteiger partial charge in [0.25, 0.3) is 5.91 Å². The van der Waals surface area contributed by atoms with E-state index in [9.17, 15) is 19.2 Å². The van der Waals surface area contributed by atoms with Crippen LogP contribution in [0.3, 0.4) is 0 Å². The van der Waals surface area contributed by atoms with Gasteiger partial charge in [0.2, 0.25) is 18.6 Å². The Morgan fingerprint density at radius 1 is 1.21 bits per heavy atom. The fourth-order valence-electron chi connectivity index (χ4n) is 3.00. The lowest BCUT2D eigenvalue weighted by molar-refractivity contribution is -0.135. The minimum Gasteiger partial charge on any atom is -0.454 e. The summed E-state index contributed by atoms with van der Waals surface area (Å²) in [5.74, 6) is -0.505. The molecule has 0 radical (unpaired) electrons. The molecule has 2 aliphatic heterocycles. The Morgan fingerprint density at radius 3 is 2.64 bits per heavy atom. The summed E-state index contributed by atoms with van der Waals surface area (Å²) in [5, 5.41) is 7.64. The third kappa shape index (κ3) is 3.71. The molecule has 0 saturated carbocycles. The van der Waals surface area contributed by atoms with Gasteiger partial charge in [-0.25, -0.2) is 4.79 Å². The fourth-order valence-corrected chi connectivity index (χ4v) is 3.00. The van der Waals surface area contributed by atoms with Gasteiger partial charge in [-0.2, -0.15) is 0 Å². The van der Waals surface area contributed by atoms with Gasteiger partial charge in [0.05, 0.1) is 6.54 Å². The molecule has 150 valence electrons. The standard InChI is InChI=1S/C18H22N4O6/c1-10(2)20-14(23)7-19-15(24)8-22-16(25)18(3,21-17(22)26)11-4-5-12-13(6-11)28-9-27-12/h4-6,10H,7-9H2,1-3H3,(H,19,24)(H,20,23)(H,21,26)/t18-/m0/s1. The molecule has 1 atom stereocenters. The van der Waals surface area contributed by atoms with E-state index in [1.807, 2.05) is 0 Å². The number of nitrogens with zero attached hydrogens (tertiary/aromatic N) is 1. The summed E-state index contributed by atoms with van der Waals surface area (Å²) in [6.45, 7) is 4.51. The molecule has 1 aromatic rings. The molecule has 0 spiro atoms. The van der Waals surface area contributed by atoms with Crippen molar-refractivity contribution >= 4 is 23.8 Å². The number of hydrogen-bond donors (Lipinski definition) is 3. The summed E-state index contributed by atoms with van der Waals surface area (Å²) in [7, 11) is 0. The van der Waals surface area contributed by atoms with E-state index < -0.39 is 29.9 Å². The van der Waals surface area contributed by atoms with Gasteiger partial charge in [0.1, 0.15) is 12.1 Å². The van der Waals surface area contributed by atoms with Gasteiger partial charge in [0, 0.05) is 6.04 Å². The molecule has 5 amide bonds. The summed E-state index contributed by atoms with van der Waals surface area (Å²) < 4.78 is 10.6. The number of urea groups is 1. The second-order valence-corrected chi connectivity index (χ2v) is 7.01. The molecule has 10 nitrogen and oxygen atoms in total. The number of hydrogen-bond acceptors (Lipinski definition) is 6. The molecule has 2 aliphatic rings. The highest BCUT2D eigenvalue weighted by atomic mass is 16.7. The maximum absolute atomic E-state index is 12.9. The van der Waals surface area contributed by atoms with Crippen molar-refractivity contribution in [1.82, 2.24) is 20.9 Å². The predicted octanol–water partition coefficient (Wildman–Crippen LogP) is -0.177. The molecule has 0 aromatic heterocycles. The highest BCUT2D eigenvalue weighted by Crippen LogP contribution is 2.37. The number of ether oxygens (including phenoxy) is 2. The largest absolute Gasteiger partial charge is 0.454 e. The van der Waals surface area contributed by atoms with E-state index >= 15 is 0 Å². The number of rotatable bonds is 6. The number of carbonyl (C=O) groups excluding carboxylic acids is 4. The Bertz CT molecular complexity index is 839. The molecule has 3 rings (SSSR count). The molecule has 10 heteroatoms. The summed E-state index contributed by atoms with van der Waals surface area (Å²) in [6, 6.07) is 4.20. The van der Waals surface area contributed by atoms with Crippen LogP contribution in [-0.4, -0.2) is 54.6 Å². The van der Waals surface area contributed by atoms with E-state index in [1.54, 1.807) is 39.0 Å². The van der Waals surface area contributed by atoms with Gasteiger partial charge in [-0.05, 0) is 38.5 Å². The summed E-state index contributed by atoms with van der Waals surface area (Å²) >= 11 is 0. The summed E-state index contributed by atoms with van der Waals surface area (Å²) in [4.78, 5) is 49.7. The number of amides is 5. The Hall–Kier alpha value is -3.30. The summed E-state index contributed by atoms with van der Waals surface area (Å²) in [6.07, 6.45) is 0. The molecular weight excluding hydrogens is 368 g/mol. The zero-order chi connectivity index (χ0) is 20.5. The van der Waals surface area contributed by atoms with Gasteiger partial charge in [-0.1, -0.05) is 6.07 Å². The van der Waals surface area contributed by atoms with E-state index in [0.717, 1.165) is 4.90 Å². The van der Waals surface area contributed by atoms with Crippen molar-refractivity contribution in [2.45, 2.75) is 32.4 Å². The number of imide groups is 1. The van der Waals surface area contributed by atoms with Crippen LogP contribution >= 0.6 is 0 Å². The minimum atomic E-state index is -1.34. The highest BCUT2D eigenvalue weighted by Gasteiger charge is 2.49. The highest BCUT2D eigenvalue weighted by molar-refractivity contribution is 6.09. The molecule has 1 saturated heterocycles. The second-order valence-electron chi connectivity index (χ2n) is 7.01. The van der Waals surface area contributed by atoms with Crippen LogP contribution in [0.5, 0.6) is 11.5 Å². The third-order valence-corrected chi connectivity index (χ3v) is 4.42. The van der Waals surface area contributed by atoms with Gasteiger partial charge >= 0.3 is 6.03 Å². The molecule has 3 N–H and O–H groups in total. The first-order valence-electron chi connectivity index (χ1n) is 8.81. The fraction of sp³-hybridized carbons (Fsp3) is 0.444. The Morgan fingerprint density at radius 2 is 1.93 bits per heavy atom. The van der Waals surface area contributed by atoms with E-state index in [4.69, 9.17) is 9.47 Å². The first-order chi connectivity index (χ1) is 13.2. The molecular formula is C18H22N4O6. The Balaban J connectivity index is 1.66. The van der Waals surface area contributed by atoms with Crippen LogP contribution in [-0.2, 0) is 19.9 Å². The normalized spacial score (nSPS) is 20.4. The van der Waals surface area contributed by atoms with E-state index in [-0.39, 0.29) is 25.3 Å². The number of nitrogens with one attached hydrogen (secondary N) is 3. The third-order valence-electron chi connectivity index (χ3n) is 4.42. The van der Waals surface area contributed by atoms with Crippen LogP contribution in [0.25, 0.3) is 0 Å². The van der Waals surface area contributed by atoms with Crippen LogP contribution in [0.2, 0.25) is 0 Å². The monoisotopic (exact) mass is 390 g/mol. The van der Waals surface area contributed by atoms with Crippen LogP contribution in [0, 0.1) is 0 Å². The van der Waals surface area contributed by atoms with Gasteiger partial charge in [-0.15, -0.1) is 0 Å². The quantitative estimate of drug-likeness (QED) is 0.579. The lowest BCUT2D eigenvalue weighted by Gasteiger charge is -2.22. The van der Waals surface area contributed by atoms with Crippen LogP contribution in [0.15, 0.2) is 18.2 Å². The SMILES string of the molecule is CC(C)NC(=O)CNC(=O)CN1C(=O)N[C@@](C)(c2ccc3c(c2)OCO3)C1=O. The minimum absolute atomic E-state index is 0.0576. The maximum atomic E-state index is 12.9. The van der Waals surface area contributed by atoms with E-state index in [0.29, 0.717) is 17.1 Å². The van der Waals surface area contributed by atoms with Crippen molar-refractivity contribution < 1.29 is 28.7 Å². The van der Waals surface area contributed by atoms with Crippen molar-refractivity contribution in [3.63, 3.8) is 0 Å². The van der Waals surface area contributed by atoms with Crippen molar-refractivity contribution in [3.8, 4) is 11.5 Å². The van der Waals surface area contributed by atoms with Crippen molar-refractivity contribution in [2.75, 3.05) is 19.9 Å². The first kappa shape index (κ1) is 19.5. The average Bonchev–Trinajstić information content (AvgIpc) is 3.18. The molecule has 0 aliphatic carbocycles. The molecule has 1 aromatic carbocycles. The number of fused-ring (bicyclic) bond motifs is 1. The van der Waals surface area contributed by atoms with Crippen LogP contribution in [0.1, 0.15) is 26.3 Å². The van der Waals surface area contributed by atoms with Gasteiger partial charge in [-0.3, -0.25) is 19.3 Å². The van der Waals surface area contributed by atoms with E-state index in [1.165, 1.54) is 0 Å². The lowest BCUT2D eigenvalue weighted by Crippen LogP contribution is -2.45. The summed E-state index contributed by atoms with van der Waals surface area (Å²) in [5.41, 5.74) is -0.831. The maximum Gasteiger partial charge on any atom is 0.325 e. The average molecular weight is 390 g/mol. The van der Waals surface area contributed by atoms with Gasteiger partial charge in [0.15, 0.2) is 11.5 Å². The van der Waals surface area contributed by atoms with Gasteiger partial charge < -0.3 is 25.4 Å². The van der Waals surface area contributed by atoms with Crippen LogP contribution in [0.4, 0.5) is 4.79 Å². The second kappa shape index (κ2) is 7.37. The Kier molecular flexibility index (Phi) is 5.12. The number of carbonyl (C=O) groups is 4. The van der Waals surface area contributed by atoms with Crippen molar-refractivity contribution in [3.05, 3.63) is 23.8 Å². The lowest BCUT2D eigenvalue weighted by atomic mass is 9.91. The Labute approximate surface area is 161 Å². The molecule has 28 heavy (non-hydrogen) atoms. The predicted molar refractivity (Wildman–Crippen MR) is 96.5 cm³/mol. The molecule has 2 heterocycles. The topological polar surface area (TPSA) is 126 Å². The smallest absolute Gasteiger partial charge is 0.325 e. The molecule has 1 fully saturated rings. The van der Waals surface area contributed by atoms with E-state index in [2.05, 4.69) is 16.0 Å².